The van der Waals surface area contributed by atoms with Crippen molar-refractivity contribution in [1.82, 2.24) is 0 Å². The molecule has 0 amide bonds. The van der Waals surface area contributed by atoms with E-state index < -0.39 is 16.9 Å². The fourth-order valence-electron chi connectivity index (χ4n) is 1.61. The first kappa shape index (κ1) is 17.7. The van der Waals surface area contributed by atoms with Crippen molar-refractivity contribution in [2.24, 2.45) is 5.73 Å². The fraction of sp³-hybridized carbons (Fsp3) is 0.462. The van der Waals surface area contributed by atoms with Gasteiger partial charge in [-0.2, -0.15) is 11.8 Å². The summed E-state index contributed by atoms with van der Waals surface area (Å²) in [5.74, 6) is 0.614. The number of nitro benzene ring substituents is 1. The normalized spacial score (nSPS) is 12.0. The number of halogens is 1. The third-order valence-corrected chi connectivity index (χ3v) is 3.93. The number of rotatable bonds is 8. The van der Waals surface area contributed by atoms with E-state index >= 15 is 0 Å². The highest BCUT2D eigenvalue weighted by Gasteiger charge is 2.16. The molecule has 21 heavy (non-hydrogen) atoms. The molecule has 1 aromatic rings. The number of carbonyl (C=O) groups is 1. The zero-order chi connectivity index (χ0) is 15.8. The van der Waals surface area contributed by atoms with Crippen molar-refractivity contribution < 1.29 is 14.5 Å². The van der Waals surface area contributed by atoms with Crippen molar-refractivity contribution >= 4 is 35.0 Å². The molecular weight excluding hydrogens is 316 g/mol. The topological polar surface area (TPSA) is 95.5 Å². The largest absolute Gasteiger partial charge is 0.465 e. The van der Waals surface area contributed by atoms with Gasteiger partial charge in [-0.05, 0) is 31.2 Å². The predicted octanol–water partition coefficient (Wildman–Crippen LogP) is 2.76. The fourth-order valence-corrected chi connectivity index (χ4v) is 2.82. The molecule has 0 aliphatic heterocycles. The lowest BCUT2D eigenvalue weighted by molar-refractivity contribution is -0.385. The second-order valence-electron chi connectivity index (χ2n) is 4.23. The predicted molar refractivity (Wildman–Crippen MR) is 83.5 cm³/mol. The van der Waals surface area contributed by atoms with Crippen LogP contribution >= 0.6 is 23.4 Å². The van der Waals surface area contributed by atoms with Gasteiger partial charge in [0.2, 0.25) is 0 Å². The molecule has 6 nitrogen and oxygen atoms in total. The number of ether oxygens (including phenoxy) is 1. The third-order valence-electron chi connectivity index (χ3n) is 2.66. The number of nitrogens with zero attached hydrogens (tertiary/aromatic N) is 1. The van der Waals surface area contributed by atoms with Gasteiger partial charge in [0.05, 0.1) is 11.5 Å². The lowest BCUT2D eigenvalue weighted by atomic mass is 10.2. The third kappa shape index (κ3) is 5.91. The van der Waals surface area contributed by atoms with E-state index in [0.717, 1.165) is 0 Å². The first-order valence-electron chi connectivity index (χ1n) is 6.38. The Bertz CT molecular complexity index is 513. The molecule has 0 bridgehead atoms. The Hall–Kier alpha value is -1.31. The molecule has 2 N–H and O–H groups in total. The van der Waals surface area contributed by atoms with Crippen LogP contribution in [-0.4, -0.2) is 29.3 Å². The van der Waals surface area contributed by atoms with Crippen molar-refractivity contribution in [3.63, 3.8) is 0 Å². The van der Waals surface area contributed by atoms with Crippen molar-refractivity contribution in [2.45, 2.75) is 25.1 Å². The van der Waals surface area contributed by atoms with E-state index in [0.29, 0.717) is 35.1 Å². The number of nitro groups is 1. The Balaban J connectivity index is 2.47. The summed E-state index contributed by atoms with van der Waals surface area (Å²) < 4.78 is 4.81. The van der Waals surface area contributed by atoms with Gasteiger partial charge in [0.1, 0.15) is 6.04 Å². The Morgan fingerprint density at radius 3 is 2.90 bits per heavy atom. The average Bonchev–Trinajstić information content (AvgIpc) is 2.43. The quantitative estimate of drug-likeness (QED) is 0.340. The van der Waals surface area contributed by atoms with Gasteiger partial charge in [-0.15, -0.1) is 0 Å². The molecule has 0 heterocycles. The summed E-state index contributed by atoms with van der Waals surface area (Å²) in [6.45, 7) is 2.02. The van der Waals surface area contributed by atoms with E-state index in [1.165, 1.54) is 23.9 Å². The Morgan fingerprint density at radius 2 is 2.29 bits per heavy atom. The molecule has 1 unspecified atom stereocenters. The first-order chi connectivity index (χ1) is 9.95. The molecule has 1 atom stereocenters. The van der Waals surface area contributed by atoms with Gasteiger partial charge in [-0.3, -0.25) is 14.9 Å². The summed E-state index contributed by atoms with van der Waals surface area (Å²) in [7, 11) is 0. The van der Waals surface area contributed by atoms with Gasteiger partial charge in [0.25, 0.3) is 5.69 Å². The maximum absolute atomic E-state index is 11.3. The number of esters is 1. The molecule has 1 rings (SSSR count). The van der Waals surface area contributed by atoms with Crippen LogP contribution in [0.1, 0.15) is 18.9 Å². The average molecular weight is 333 g/mol. The highest BCUT2D eigenvalue weighted by Crippen LogP contribution is 2.26. The number of thioether (sulfide) groups is 1. The zero-order valence-electron chi connectivity index (χ0n) is 11.6. The molecule has 0 aliphatic carbocycles. The molecule has 0 radical (unpaired) electrons. The van der Waals surface area contributed by atoms with Crippen molar-refractivity contribution in [3.05, 3.63) is 38.9 Å². The summed E-state index contributed by atoms with van der Waals surface area (Å²) in [6, 6.07) is 3.80. The number of hydrogen-bond donors (Lipinski definition) is 1. The molecule has 0 fully saturated rings. The van der Waals surface area contributed by atoms with Crippen LogP contribution in [0.25, 0.3) is 0 Å². The highest BCUT2D eigenvalue weighted by atomic mass is 35.5. The number of carbonyl (C=O) groups excluding carboxylic acids is 1. The van der Waals surface area contributed by atoms with E-state index in [2.05, 4.69) is 0 Å². The molecule has 0 aromatic heterocycles. The van der Waals surface area contributed by atoms with Crippen LogP contribution in [0, 0.1) is 10.1 Å². The van der Waals surface area contributed by atoms with Gasteiger partial charge in [-0.25, -0.2) is 0 Å². The Morgan fingerprint density at radius 1 is 1.57 bits per heavy atom. The summed E-state index contributed by atoms with van der Waals surface area (Å²) in [4.78, 5) is 21.8. The van der Waals surface area contributed by atoms with E-state index in [9.17, 15) is 14.9 Å². The van der Waals surface area contributed by atoms with Crippen molar-refractivity contribution in [1.29, 1.82) is 0 Å². The Kier molecular flexibility index (Phi) is 7.49. The van der Waals surface area contributed by atoms with Crippen LogP contribution in [0.15, 0.2) is 18.2 Å². The van der Waals surface area contributed by atoms with Gasteiger partial charge in [0.15, 0.2) is 0 Å². The van der Waals surface area contributed by atoms with Crippen LogP contribution in [0.4, 0.5) is 5.69 Å². The molecule has 1 aromatic carbocycles. The molecular formula is C13H17ClN2O4S. The smallest absolute Gasteiger partial charge is 0.322 e. The van der Waals surface area contributed by atoms with Gasteiger partial charge in [0, 0.05) is 22.4 Å². The van der Waals surface area contributed by atoms with E-state index in [1.807, 2.05) is 0 Å². The van der Waals surface area contributed by atoms with Crippen molar-refractivity contribution in [2.75, 3.05) is 12.4 Å². The molecule has 0 spiro atoms. The monoisotopic (exact) mass is 332 g/mol. The van der Waals surface area contributed by atoms with Crippen LogP contribution in [-0.2, 0) is 15.3 Å². The standard InChI is InChI=1S/C13H17ClN2O4S/c1-2-20-13(17)11(15)5-6-21-8-9-7-10(14)3-4-12(9)16(18)19/h3-4,7,11H,2,5-6,8,15H2,1H3. The highest BCUT2D eigenvalue weighted by molar-refractivity contribution is 7.98. The van der Waals surface area contributed by atoms with Crippen molar-refractivity contribution in [3.8, 4) is 0 Å². The molecule has 116 valence electrons. The summed E-state index contributed by atoms with van der Waals surface area (Å²) >= 11 is 7.31. The van der Waals surface area contributed by atoms with Crippen LogP contribution in [0.5, 0.6) is 0 Å². The minimum atomic E-state index is -0.660. The van der Waals surface area contributed by atoms with E-state index in [1.54, 1.807) is 13.0 Å². The molecule has 0 saturated carbocycles. The van der Waals surface area contributed by atoms with Crippen LogP contribution in [0.3, 0.4) is 0 Å². The summed E-state index contributed by atoms with van der Waals surface area (Å²) in [5, 5.41) is 11.4. The number of nitrogens with two attached hydrogens (primary N) is 1. The Labute approximate surface area is 132 Å². The van der Waals surface area contributed by atoms with Crippen LogP contribution < -0.4 is 5.73 Å². The van der Waals surface area contributed by atoms with E-state index in [4.69, 9.17) is 22.1 Å². The maximum Gasteiger partial charge on any atom is 0.322 e. The number of benzene rings is 1. The molecule has 8 heteroatoms. The SMILES string of the molecule is CCOC(=O)C(N)CCSCc1cc(Cl)ccc1[N+](=O)[O-]. The maximum atomic E-state index is 11.3. The molecule has 0 aliphatic rings. The lowest BCUT2D eigenvalue weighted by Crippen LogP contribution is -2.32. The van der Waals surface area contributed by atoms with Gasteiger partial charge in [-0.1, -0.05) is 11.6 Å². The second kappa shape index (κ2) is 8.86. The lowest BCUT2D eigenvalue weighted by Gasteiger charge is -2.10. The number of hydrogen-bond acceptors (Lipinski definition) is 6. The van der Waals surface area contributed by atoms with Gasteiger partial charge < -0.3 is 10.5 Å². The minimum Gasteiger partial charge on any atom is -0.465 e. The second-order valence-corrected chi connectivity index (χ2v) is 5.77. The first-order valence-corrected chi connectivity index (χ1v) is 7.91. The molecule has 0 saturated heterocycles. The summed E-state index contributed by atoms with van der Waals surface area (Å²) in [6.07, 6.45) is 0.456. The van der Waals surface area contributed by atoms with Gasteiger partial charge >= 0.3 is 5.97 Å². The van der Waals surface area contributed by atoms with E-state index in [-0.39, 0.29) is 5.69 Å². The zero-order valence-corrected chi connectivity index (χ0v) is 13.2. The van der Waals surface area contributed by atoms with Crippen LogP contribution in [0.2, 0.25) is 5.02 Å². The summed E-state index contributed by atoms with van der Waals surface area (Å²) in [5.41, 5.74) is 6.27. The minimum absolute atomic E-state index is 0.0431.